The Morgan fingerprint density at radius 1 is 1.47 bits per heavy atom. The normalized spacial score (nSPS) is 13.5. The molecule has 1 atom stereocenters. The summed E-state index contributed by atoms with van der Waals surface area (Å²) in [7, 11) is -4.46. The van der Waals surface area contributed by atoms with Crippen LogP contribution in [0.15, 0.2) is 24.3 Å². The largest absolute Gasteiger partial charge is 0.286 e. The van der Waals surface area contributed by atoms with Gasteiger partial charge in [0.1, 0.15) is 0 Å². The molecular formula is C7H6ClNO5S. The van der Waals surface area contributed by atoms with Gasteiger partial charge in [0.05, 0.1) is 4.92 Å². The molecule has 0 spiro atoms. The number of non-ortho nitro benzene ring substituents is 1. The molecule has 0 aliphatic heterocycles. The minimum atomic E-state index is -4.46. The van der Waals surface area contributed by atoms with E-state index in [0.29, 0.717) is 0 Å². The highest BCUT2D eigenvalue weighted by Gasteiger charge is 2.23. The van der Waals surface area contributed by atoms with E-state index in [1.54, 1.807) is 0 Å². The van der Waals surface area contributed by atoms with E-state index in [-0.39, 0.29) is 11.3 Å². The Labute approximate surface area is 90.4 Å². The van der Waals surface area contributed by atoms with E-state index in [1.807, 2.05) is 0 Å². The van der Waals surface area contributed by atoms with Crippen LogP contribution in [0.4, 0.5) is 5.69 Å². The standard InChI is InChI=1S/C7H6ClNO5S/c8-7(15(12,13)14)5-2-1-3-6(4-5)9(10)11/h1-4,7H,(H,12,13,14). The zero-order valence-electron chi connectivity index (χ0n) is 7.20. The van der Waals surface area contributed by atoms with Crippen molar-refractivity contribution in [3.05, 3.63) is 39.9 Å². The van der Waals surface area contributed by atoms with Crippen LogP contribution in [0.1, 0.15) is 10.3 Å². The molecule has 1 rings (SSSR count). The third-order valence-electron chi connectivity index (χ3n) is 1.60. The lowest BCUT2D eigenvalue weighted by molar-refractivity contribution is -0.384. The van der Waals surface area contributed by atoms with Crippen LogP contribution in [0.25, 0.3) is 0 Å². The summed E-state index contributed by atoms with van der Waals surface area (Å²) in [5.41, 5.74) is -0.338. The summed E-state index contributed by atoms with van der Waals surface area (Å²) >= 11 is 5.40. The molecule has 1 aromatic rings. The lowest BCUT2D eigenvalue weighted by Gasteiger charge is -2.05. The Balaban J connectivity index is 3.17. The van der Waals surface area contributed by atoms with Crippen LogP contribution in [-0.2, 0) is 10.1 Å². The molecule has 0 saturated carbocycles. The first-order chi connectivity index (χ1) is 6.82. The predicted octanol–water partition coefficient (Wildman–Crippen LogP) is 1.72. The number of hydrogen-bond donors (Lipinski definition) is 1. The number of halogens is 1. The Bertz CT molecular complexity index is 486. The fraction of sp³-hybridized carbons (Fsp3) is 0.143. The van der Waals surface area contributed by atoms with Crippen molar-refractivity contribution < 1.29 is 17.9 Å². The van der Waals surface area contributed by atoms with Crippen LogP contribution in [-0.4, -0.2) is 17.9 Å². The average molecular weight is 252 g/mol. The maximum Gasteiger partial charge on any atom is 0.286 e. The summed E-state index contributed by atoms with van der Waals surface area (Å²) in [5, 5.41) is 10.4. The molecule has 82 valence electrons. The van der Waals surface area contributed by atoms with Crippen molar-refractivity contribution in [2.75, 3.05) is 0 Å². The van der Waals surface area contributed by atoms with E-state index < -0.39 is 19.8 Å². The fourth-order valence-corrected chi connectivity index (χ4v) is 1.58. The average Bonchev–Trinajstić information content (AvgIpc) is 2.15. The molecule has 8 heteroatoms. The van der Waals surface area contributed by atoms with Gasteiger partial charge < -0.3 is 0 Å². The van der Waals surface area contributed by atoms with E-state index in [0.717, 1.165) is 6.07 Å². The van der Waals surface area contributed by atoms with Gasteiger partial charge in [-0.15, -0.1) is 0 Å². The molecule has 0 heterocycles. The number of hydrogen-bond acceptors (Lipinski definition) is 4. The maximum absolute atomic E-state index is 10.7. The second-order valence-electron chi connectivity index (χ2n) is 2.68. The van der Waals surface area contributed by atoms with E-state index in [2.05, 4.69) is 0 Å². The number of nitro benzene ring substituents is 1. The van der Waals surface area contributed by atoms with Gasteiger partial charge in [0.15, 0.2) is 4.71 Å². The van der Waals surface area contributed by atoms with Crippen molar-refractivity contribution >= 4 is 27.4 Å². The van der Waals surface area contributed by atoms with Crippen LogP contribution in [0, 0.1) is 10.1 Å². The highest BCUT2D eigenvalue weighted by Crippen LogP contribution is 2.28. The van der Waals surface area contributed by atoms with Crippen molar-refractivity contribution in [2.24, 2.45) is 0 Å². The van der Waals surface area contributed by atoms with Crippen LogP contribution in [0.5, 0.6) is 0 Å². The van der Waals surface area contributed by atoms with Crippen LogP contribution >= 0.6 is 11.6 Å². The first kappa shape index (κ1) is 11.9. The summed E-state index contributed by atoms with van der Waals surface area (Å²) < 4.78 is 28.3. The van der Waals surface area contributed by atoms with E-state index in [1.165, 1.54) is 18.2 Å². The molecular weight excluding hydrogens is 246 g/mol. The van der Waals surface area contributed by atoms with E-state index in [9.17, 15) is 18.5 Å². The van der Waals surface area contributed by atoms with Gasteiger partial charge in [-0.1, -0.05) is 23.7 Å². The maximum atomic E-state index is 10.7. The van der Waals surface area contributed by atoms with Gasteiger partial charge in [0.2, 0.25) is 0 Å². The fourth-order valence-electron chi connectivity index (χ4n) is 0.952. The highest BCUT2D eigenvalue weighted by molar-refractivity contribution is 7.87. The second-order valence-corrected chi connectivity index (χ2v) is 4.88. The Morgan fingerprint density at radius 2 is 2.07 bits per heavy atom. The van der Waals surface area contributed by atoms with Gasteiger partial charge >= 0.3 is 0 Å². The lowest BCUT2D eigenvalue weighted by Crippen LogP contribution is -2.06. The van der Waals surface area contributed by atoms with Crippen LogP contribution in [0.3, 0.4) is 0 Å². The molecule has 0 amide bonds. The quantitative estimate of drug-likeness (QED) is 0.382. The molecule has 1 aromatic carbocycles. The Hall–Kier alpha value is -1.18. The van der Waals surface area contributed by atoms with Crippen molar-refractivity contribution in [1.82, 2.24) is 0 Å². The van der Waals surface area contributed by atoms with Crippen molar-refractivity contribution in [3.63, 3.8) is 0 Å². The van der Waals surface area contributed by atoms with Gasteiger partial charge in [-0.05, 0) is 5.56 Å². The zero-order valence-corrected chi connectivity index (χ0v) is 8.77. The second kappa shape index (κ2) is 4.13. The number of nitrogens with zero attached hydrogens (tertiary/aromatic N) is 1. The van der Waals surface area contributed by atoms with E-state index in [4.69, 9.17) is 16.2 Å². The predicted molar refractivity (Wildman–Crippen MR) is 53.2 cm³/mol. The topological polar surface area (TPSA) is 97.5 Å². The summed E-state index contributed by atoms with van der Waals surface area (Å²) in [5.74, 6) is 0. The highest BCUT2D eigenvalue weighted by atomic mass is 35.5. The first-order valence-corrected chi connectivity index (χ1v) is 5.61. The minimum Gasteiger partial charge on any atom is -0.284 e. The van der Waals surface area contributed by atoms with E-state index >= 15 is 0 Å². The van der Waals surface area contributed by atoms with Crippen molar-refractivity contribution in [3.8, 4) is 0 Å². The lowest BCUT2D eigenvalue weighted by atomic mass is 10.2. The molecule has 0 aliphatic rings. The molecule has 1 unspecified atom stereocenters. The molecule has 0 saturated heterocycles. The number of alkyl halides is 1. The number of rotatable bonds is 3. The first-order valence-electron chi connectivity index (χ1n) is 3.67. The molecule has 6 nitrogen and oxygen atoms in total. The summed E-state index contributed by atoms with van der Waals surface area (Å²) in [6.45, 7) is 0. The third kappa shape index (κ3) is 2.88. The molecule has 15 heavy (non-hydrogen) atoms. The smallest absolute Gasteiger partial charge is 0.284 e. The molecule has 0 bridgehead atoms. The number of benzene rings is 1. The van der Waals surface area contributed by atoms with Gasteiger partial charge in [-0.3, -0.25) is 14.7 Å². The molecule has 0 fully saturated rings. The van der Waals surface area contributed by atoms with Crippen molar-refractivity contribution in [1.29, 1.82) is 0 Å². The summed E-state index contributed by atoms with van der Waals surface area (Å²) in [6, 6.07) is 4.75. The van der Waals surface area contributed by atoms with Gasteiger partial charge in [-0.25, -0.2) is 0 Å². The molecule has 0 aromatic heterocycles. The summed E-state index contributed by atoms with van der Waals surface area (Å²) in [6.07, 6.45) is 0. The van der Waals surface area contributed by atoms with Crippen LogP contribution < -0.4 is 0 Å². The van der Waals surface area contributed by atoms with Gasteiger partial charge in [0, 0.05) is 12.1 Å². The zero-order chi connectivity index (χ0) is 11.6. The Kier molecular flexibility index (Phi) is 3.28. The van der Waals surface area contributed by atoms with Gasteiger partial charge in [-0.2, -0.15) is 8.42 Å². The SMILES string of the molecule is O=[N+]([O-])c1cccc(C(Cl)S(=O)(=O)O)c1. The monoisotopic (exact) mass is 251 g/mol. The van der Waals surface area contributed by atoms with Crippen molar-refractivity contribution in [2.45, 2.75) is 4.71 Å². The minimum absolute atomic E-state index is 0.0478. The Morgan fingerprint density at radius 3 is 2.53 bits per heavy atom. The molecule has 1 N–H and O–H groups in total. The van der Waals surface area contributed by atoms with Gasteiger partial charge in [0.25, 0.3) is 15.8 Å². The molecule has 0 radical (unpaired) electrons. The van der Waals surface area contributed by atoms with Crippen LogP contribution in [0.2, 0.25) is 0 Å². The third-order valence-corrected chi connectivity index (χ3v) is 3.33. The number of nitro groups is 1. The summed E-state index contributed by atoms with van der Waals surface area (Å²) in [4.78, 5) is 9.69. The molecule has 0 aliphatic carbocycles.